The van der Waals surface area contributed by atoms with Crippen molar-refractivity contribution in [3.05, 3.63) is 29.8 Å². The average Bonchev–Trinajstić information content (AvgIpc) is 3.00. The van der Waals surface area contributed by atoms with Crippen LogP contribution in [0, 0.1) is 0 Å². The van der Waals surface area contributed by atoms with Crippen LogP contribution in [0.25, 0.3) is 0 Å². The molecule has 0 saturated heterocycles. The highest BCUT2D eigenvalue weighted by atomic mass is 32.2. The molecule has 1 amide bonds. The molecule has 1 aliphatic rings. The van der Waals surface area contributed by atoms with Crippen molar-refractivity contribution in [3.8, 4) is 0 Å². The molecule has 2 rings (SSSR count). The molecular formula is C20H32N2O4S. The minimum atomic E-state index is -3.33. The maximum Gasteiger partial charge on any atom is 0.224 e. The van der Waals surface area contributed by atoms with Crippen LogP contribution in [0.3, 0.4) is 0 Å². The molecule has 0 aromatic heterocycles. The fourth-order valence-electron chi connectivity index (χ4n) is 3.16. The van der Waals surface area contributed by atoms with E-state index < -0.39 is 14.8 Å². The van der Waals surface area contributed by atoms with E-state index in [2.05, 4.69) is 10.0 Å². The summed E-state index contributed by atoms with van der Waals surface area (Å²) in [7, 11) is -3.33. The summed E-state index contributed by atoms with van der Waals surface area (Å²) in [6.45, 7) is 5.31. The number of aliphatic hydroxyl groups is 1. The van der Waals surface area contributed by atoms with E-state index in [1.807, 2.05) is 24.3 Å². The molecule has 7 heteroatoms. The Bertz CT molecular complexity index is 723. The SMILES string of the molecule is CC(C)(C)S(=O)(=O)NCCCCC(=O)Nc1ccc(C2CCC(O)C2)cc1. The topological polar surface area (TPSA) is 95.5 Å². The van der Waals surface area contributed by atoms with Crippen molar-refractivity contribution in [2.75, 3.05) is 11.9 Å². The van der Waals surface area contributed by atoms with E-state index in [0.29, 0.717) is 31.7 Å². The number of sulfonamides is 1. The molecule has 0 radical (unpaired) electrons. The van der Waals surface area contributed by atoms with Crippen LogP contribution in [0.5, 0.6) is 0 Å². The number of benzene rings is 1. The van der Waals surface area contributed by atoms with E-state index in [1.54, 1.807) is 20.8 Å². The lowest BCUT2D eigenvalue weighted by atomic mass is 9.97. The molecule has 1 aromatic carbocycles. The maximum absolute atomic E-state index is 12.0. The van der Waals surface area contributed by atoms with Crippen LogP contribution in [0.15, 0.2) is 24.3 Å². The monoisotopic (exact) mass is 396 g/mol. The first-order chi connectivity index (χ1) is 12.6. The molecule has 0 heterocycles. The molecule has 3 N–H and O–H groups in total. The van der Waals surface area contributed by atoms with Crippen molar-refractivity contribution < 1.29 is 18.3 Å². The van der Waals surface area contributed by atoms with Crippen molar-refractivity contribution >= 4 is 21.6 Å². The van der Waals surface area contributed by atoms with Gasteiger partial charge < -0.3 is 10.4 Å². The summed E-state index contributed by atoms with van der Waals surface area (Å²) in [5.41, 5.74) is 1.96. The summed E-state index contributed by atoms with van der Waals surface area (Å²) in [4.78, 5) is 12.0. The lowest BCUT2D eigenvalue weighted by molar-refractivity contribution is -0.116. The van der Waals surface area contributed by atoms with E-state index in [1.165, 1.54) is 5.56 Å². The third-order valence-electron chi connectivity index (χ3n) is 5.00. The smallest absolute Gasteiger partial charge is 0.224 e. The van der Waals surface area contributed by atoms with Gasteiger partial charge >= 0.3 is 0 Å². The summed E-state index contributed by atoms with van der Waals surface area (Å²) in [6, 6.07) is 7.82. The third kappa shape index (κ3) is 6.59. The van der Waals surface area contributed by atoms with Gasteiger partial charge in [0.1, 0.15) is 0 Å². The van der Waals surface area contributed by atoms with E-state index in [0.717, 1.165) is 24.9 Å². The highest BCUT2D eigenvalue weighted by molar-refractivity contribution is 7.90. The van der Waals surface area contributed by atoms with Crippen molar-refractivity contribution in [2.45, 2.75) is 76.1 Å². The molecule has 1 aromatic rings. The lowest BCUT2D eigenvalue weighted by Crippen LogP contribution is -2.39. The minimum Gasteiger partial charge on any atom is -0.393 e. The zero-order valence-corrected chi connectivity index (χ0v) is 17.3. The Hall–Kier alpha value is -1.44. The number of unbranched alkanes of at least 4 members (excludes halogenated alkanes) is 1. The van der Waals surface area contributed by atoms with Gasteiger partial charge in [0.15, 0.2) is 0 Å². The Morgan fingerprint density at radius 1 is 1.15 bits per heavy atom. The quantitative estimate of drug-likeness (QED) is 0.588. The number of aliphatic hydroxyl groups excluding tert-OH is 1. The summed E-state index contributed by atoms with van der Waals surface area (Å²) < 4.78 is 25.6. The zero-order valence-electron chi connectivity index (χ0n) is 16.5. The summed E-state index contributed by atoms with van der Waals surface area (Å²) in [5, 5.41) is 12.5. The molecular weight excluding hydrogens is 364 g/mol. The standard InChI is InChI=1S/C20H32N2O4S/c1-20(2,3)27(25,26)21-13-5-4-6-19(24)22-17-10-7-15(8-11-17)16-9-12-18(23)14-16/h7-8,10-11,16,18,21,23H,4-6,9,12-14H2,1-3H3,(H,22,24). The molecule has 1 fully saturated rings. The minimum absolute atomic E-state index is 0.0716. The van der Waals surface area contributed by atoms with E-state index in [-0.39, 0.29) is 12.0 Å². The van der Waals surface area contributed by atoms with Gasteiger partial charge in [0.05, 0.1) is 10.9 Å². The molecule has 27 heavy (non-hydrogen) atoms. The van der Waals surface area contributed by atoms with Crippen molar-refractivity contribution in [2.24, 2.45) is 0 Å². The largest absolute Gasteiger partial charge is 0.393 e. The highest BCUT2D eigenvalue weighted by Gasteiger charge is 2.28. The number of hydrogen-bond donors (Lipinski definition) is 3. The fraction of sp³-hybridized carbons (Fsp3) is 0.650. The van der Waals surface area contributed by atoms with E-state index in [9.17, 15) is 18.3 Å². The summed E-state index contributed by atoms with van der Waals surface area (Å²) >= 11 is 0. The maximum atomic E-state index is 12.0. The number of anilines is 1. The Balaban J connectivity index is 1.69. The van der Waals surface area contributed by atoms with Gasteiger partial charge in [-0.2, -0.15) is 0 Å². The molecule has 152 valence electrons. The molecule has 2 atom stereocenters. The number of rotatable bonds is 8. The van der Waals surface area contributed by atoms with Gasteiger partial charge in [-0.3, -0.25) is 4.79 Å². The van der Waals surface area contributed by atoms with E-state index in [4.69, 9.17) is 0 Å². The van der Waals surface area contributed by atoms with Crippen molar-refractivity contribution in [1.29, 1.82) is 0 Å². The van der Waals surface area contributed by atoms with Gasteiger partial charge in [-0.15, -0.1) is 0 Å². The van der Waals surface area contributed by atoms with Crippen LogP contribution < -0.4 is 10.0 Å². The number of carbonyl (C=O) groups excluding carboxylic acids is 1. The Kier molecular flexibility index (Phi) is 7.42. The second-order valence-corrected chi connectivity index (χ2v) is 10.8. The van der Waals surface area contributed by atoms with Gasteiger partial charge in [-0.1, -0.05) is 12.1 Å². The van der Waals surface area contributed by atoms with Gasteiger partial charge in [0.25, 0.3) is 0 Å². The van der Waals surface area contributed by atoms with Gasteiger partial charge in [-0.25, -0.2) is 13.1 Å². The van der Waals surface area contributed by atoms with Gasteiger partial charge in [0.2, 0.25) is 15.9 Å². The van der Waals surface area contributed by atoms with Crippen LogP contribution in [0.1, 0.15) is 70.8 Å². The Labute approximate surface area is 162 Å². The predicted octanol–water partition coefficient (Wildman–Crippen LogP) is 3.14. The molecule has 6 nitrogen and oxygen atoms in total. The van der Waals surface area contributed by atoms with Crippen LogP contribution >= 0.6 is 0 Å². The molecule has 2 unspecified atom stereocenters. The predicted molar refractivity (Wildman–Crippen MR) is 108 cm³/mol. The van der Waals surface area contributed by atoms with Gasteiger partial charge in [-0.05, 0) is 76.5 Å². The van der Waals surface area contributed by atoms with E-state index >= 15 is 0 Å². The fourth-order valence-corrected chi connectivity index (χ4v) is 4.00. The number of amides is 1. The third-order valence-corrected chi connectivity index (χ3v) is 7.20. The second kappa shape index (κ2) is 9.17. The number of carbonyl (C=O) groups is 1. The first-order valence-corrected chi connectivity index (χ1v) is 11.1. The first-order valence-electron chi connectivity index (χ1n) is 9.65. The van der Waals surface area contributed by atoms with Crippen LogP contribution in [-0.4, -0.2) is 36.8 Å². The van der Waals surface area contributed by atoms with Crippen LogP contribution in [-0.2, 0) is 14.8 Å². The molecule has 1 saturated carbocycles. The highest BCUT2D eigenvalue weighted by Crippen LogP contribution is 2.34. The van der Waals surface area contributed by atoms with Crippen LogP contribution in [0.4, 0.5) is 5.69 Å². The number of nitrogens with one attached hydrogen (secondary N) is 2. The first kappa shape index (κ1) is 21.9. The molecule has 1 aliphatic carbocycles. The van der Waals surface area contributed by atoms with Crippen molar-refractivity contribution in [1.82, 2.24) is 4.72 Å². The summed E-state index contributed by atoms with van der Waals surface area (Å²) in [6.07, 6.45) is 4.07. The normalized spacial score (nSPS) is 20.6. The number of hydrogen-bond acceptors (Lipinski definition) is 4. The average molecular weight is 397 g/mol. The van der Waals surface area contributed by atoms with Crippen molar-refractivity contribution in [3.63, 3.8) is 0 Å². The zero-order chi connectivity index (χ0) is 20.1. The Morgan fingerprint density at radius 3 is 2.37 bits per heavy atom. The molecule has 0 spiro atoms. The second-order valence-electron chi connectivity index (χ2n) is 8.30. The summed E-state index contributed by atoms with van der Waals surface area (Å²) in [5.74, 6) is 0.333. The molecule has 0 bridgehead atoms. The van der Waals surface area contributed by atoms with Crippen LogP contribution in [0.2, 0.25) is 0 Å². The molecule has 0 aliphatic heterocycles. The Morgan fingerprint density at radius 2 is 1.81 bits per heavy atom. The lowest BCUT2D eigenvalue weighted by Gasteiger charge is -2.19. The van der Waals surface area contributed by atoms with Gasteiger partial charge in [0, 0.05) is 18.7 Å².